The second-order valence-electron chi connectivity index (χ2n) is 3.64. The highest BCUT2D eigenvalue weighted by atomic mass is 79.9. The van der Waals surface area contributed by atoms with Crippen LogP contribution >= 0.6 is 15.9 Å². The molecule has 0 aliphatic rings. The number of nitrogens with zero attached hydrogens (tertiary/aromatic N) is 1. The zero-order valence-corrected chi connectivity index (χ0v) is 11.1. The summed E-state index contributed by atoms with van der Waals surface area (Å²) in [5, 5.41) is 3.34. The van der Waals surface area contributed by atoms with Gasteiger partial charge in [0.25, 0.3) is 0 Å². The Labute approximate surface area is 109 Å². The number of nitrogens with one attached hydrogen (secondary N) is 2. The van der Waals surface area contributed by atoms with E-state index in [9.17, 15) is 0 Å². The largest absolute Gasteiger partial charge is 0.497 e. The van der Waals surface area contributed by atoms with Crippen LogP contribution in [-0.4, -0.2) is 17.1 Å². The Morgan fingerprint density at radius 1 is 1.41 bits per heavy atom. The number of aromatic amines is 1. The molecule has 0 atom stereocenters. The highest BCUT2D eigenvalue weighted by Crippen LogP contribution is 2.22. The third kappa shape index (κ3) is 3.31. The number of aromatic nitrogens is 2. The van der Waals surface area contributed by atoms with E-state index in [1.54, 1.807) is 13.4 Å². The molecule has 0 spiro atoms. The van der Waals surface area contributed by atoms with Crippen molar-refractivity contribution < 1.29 is 4.74 Å². The summed E-state index contributed by atoms with van der Waals surface area (Å²) in [6.45, 7) is 1.57. The lowest BCUT2D eigenvalue weighted by atomic mass is 10.2. The number of hydrogen-bond acceptors (Lipinski definition) is 3. The van der Waals surface area contributed by atoms with Gasteiger partial charge in [-0.25, -0.2) is 4.98 Å². The third-order valence-electron chi connectivity index (χ3n) is 2.45. The van der Waals surface area contributed by atoms with Crippen LogP contribution in [0, 0.1) is 0 Å². The summed E-state index contributed by atoms with van der Waals surface area (Å²) in [4.78, 5) is 7.02. The van der Waals surface area contributed by atoms with Gasteiger partial charge < -0.3 is 15.0 Å². The minimum atomic E-state index is 0.776. The van der Waals surface area contributed by atoms with Crippen molar-refractivity contribution in [3.63, 3.8) is 0 Å². The summed E-state index contributed by atoms with van der Waals surface area (Å²) in [6.07, 6.45) is 3.50. The average molecular weight is 296 g/mol. The smallest absolute Gasteiger partial charge is 0.120 e. The van der Waals surface area contributed by atoms with Crippen LogP contribution < -0.4 is 10.1 Å². The quantitative estimate of drug-likeness (QED) is 0.891. The first-order chi connectivity index (χ1) is 8.29. The molecular formula is C12H14BrN3O. The van der Waals surface area contributed by atoms with Gasteiger partial charge in [0.1, 0.15) is 5.75 Å². The van der Waals surface area contributed by atoms with Gasteiger partial charge >= 0.3 is 0 Å². The van der Waals surface area contributed by atoms with E-state index in [-0.39, 0.29) is 0 Å². The van der Waals surface area contributed by atoms with Crippen molar-refractivity contribution in [3.05, 3.63) is 46.5 Å². The summed E-state index contributed by atoms with van der Waals surface area (Å²) in [6, 6.07) is 5.97. The van der Waals surface area contributed by atoms with E-state index in [0.29, 0.717) is 0 Å². The normalized spacial score (nSPS) is 10.5. The number of hydrogen-bond donors (Lipinski definition) is 2. The minimum Gasteiger partial charge on any atom is -0.497 e. The lowest BCUT2D eigenvalue weighted by Gasteiger charge is -2.07. The number of rotatable bonds is 5. The number of halogens is 1. The van der Waals surface area contributed by atoms with Gasteiger partial charge in [0.2, 0.25) is 0 Å². The molecule has 17 heavy (non-hydrogen) atoms. The molecule has 5 heteroatoms. The Hall–Kier alpha value is -1.33. The molecule has 0 aliphatic carbocycles. The Balaban J connectivity index is 1.90. The maximum atomic E-state index is 5.15. The lowest BCUT2D eigenvalue weighted by Crippen LogP contribution is -2.13. The van der Waals surface area contributed by atoms with Crippen LogP contribution in [0.1, 0.15) is 11.3 Å². The molecule has 90 valence electrons. The summed E-state index contributed by atoms with van der Waals surface area (Å²) >= 11 is 3.53. The maximum Gasteiger partial charge on any atom is 0.120 e. The van der Waals surface area contributed by atoms with Crippen molar-refractivity contribution in [2.45, 2.75) is 13.1 Å². The molecule has 0 unspecified atom stereocenters. The van der Waals surface area contributed by atoms with Gasteiger partial charge in [0, 0.05) is 29.5 Å². The molecule has 0 saturated heterocycles. The molecule has 0 bridgehead atoms. The maximum absolute atomic E-state index is 5.15. The number of H-pyrrole nitrogens is 1. The topological polar surface area (TPSA) is 49.9 Å². The summed E-state index contributed by atoms with van der Waals surface area (Å²) in [5.74, 6) is 0.856. The predicted molar refractivity (Wildman–Crippen MR) is 69.8 cm³/mol. The van der Waals surface area contributed by atoms with Gasteiger partial charge in [-0.15, -0.1) is 0 Å². The molecule has 1 aromatic heterocycles. The number of ether oxygens (including phenoxy) is 1. The van der Waals surface area contributed by atoms with Gasteiger partial charge in [0.15, 0.2) is 0 Å². The van der Waals surface area contributed by atoms with Crippen LogP contribution in [0.4, 0.5) is 0 Å². The number of benzene rings is 1. The molecular weight excluding hydrogens is 282 g/mol. The highest BCUT2D eigenvalue weighted by Gasteiger charge is 2.01. The van der Waals surface area contributed by atoms with E-state index in [1.807, 2.05) is 24.4 Å². The van der Waals surface area contributed by atoms with Crippen molar-refractivity contribution in [1.29, 1.82) is 0 Å². The van der Waals surface area contributed by atoms with Gasteiger partial charge in [0.05, 0.1) is 13.4 Å². The highest BCUT2D eigenvalue weighted by molar-refractivity contribution is 9.10. The van der Waals surface area contributed by atoms with Crippen molar-refractivity contribution in [3.8, 4) is 5.75 Å². The van der Waals surface area contributed by atoms with E-state index in [1.165, 1.54) is 5.56 Å². The Morgan fingerprint density at radius 3 is 2.94 bits per heavy atom. The van der Waals surface area contributed by atoms with E-state index in [4.69, 9.17) is 4.74 Å². The third-order valence-corrected chi connectivity index (χ3v) is 3.18. The second-order valence-corrected chi connectivity index (χ2v) is 4.49. The van der Waals surface area contributed by atoms with Crippen LogP contribution in [0.5, 0.6) is 5.75 Å². The SMILES string of the molecule is COc1ccc(CNCc2cnc[nH]2)c(Br)c1. The van der Waals surface area contributed by atoms with Crippen LogP contribution in [0.25, 0.3) is 0 Å². The van der Waals surface area contributed by atoms with Gasteiger partial charge in [-0.3, -0.25) is 0 Å². The fourth-order valence-electron chi connectivity index (χ4n) is 1.51. The molecule has 1 heterocycles. The number of methoxy groups -OCH3 is 1. The molecule has 2 aromatic rings. The van der Waals surface area contributed by atoms with Crippen LogP contribution in [-0.2, 0) is 13.1 Å². The monoisotopic (exact) mass is 295 g/mol. The molecule has 2 rings (SSSR count). The predicted octanol–water partition coefficient (Wildman–Crippen LogP) is 2.47. The number of imidazole rings is 1. The Kier molecular flexibility index (Phi) is 4.17. The first kappa shape index (κ1) is 12.1. The lowest BCUT2D eigenvalue weighted by molar-refractivity contribution is 0.414. The molecule has 0 fully saturated rings. The average Bonchev–Trinajstić information content (AvgIpc) is 2.84. The molecule has 0 amide bonds. The Bertz CT molecular complexity index is 471. The first-order valence-corrected chi connectivity index (χ1v) is 6.09. The van der Waals surface area contributed by atoms with E-state index in [0.717, 1.165) is 29.0 Å². The molecule has 0 radical (unpaired) electrons. The first-order valence-electron chi connectivity index (χ1n) is 5.30. The summed E-state index contributed by atoms with van der Waals surface area (Å²) in [5.41, 5.74) is 2.28. The van der Waals surface area contributed by atoms with E-state index >= 15 is 0 Å². The van der Waals surface area contributed by atoms with Crippen LogP contribution in [0.3, 0.4) is 0 Å². The van der Waals surface area contributed by atoms with Crippen molar-refractivity contribution in [1.82, 2.24) is 15.3 Å². The van der Waals surface area contributed by atoms with Gasteiger partial charge in [-0.05, 0) is 17.7 Å². The molecule has 0 saturated carbocycles. The van der Waals surface area contributed by atoms with Crippen molar-refractivity contribution in [2.24, 2.45) is 0 Å². The van der Waals surface area contributed by atoms with Crippen LogP contribution in [0.2, 0.25) is 0 Å². The standard InChI is InChI=1S/C12H14BrN3O/c1-17-11-3-2-9(12(13)4-11)5-14-6-10-7-15-8-16-10/h2-4,7-8,14H,5-6H2,1H3,(H,15,16). The van der Waals surface area contributed by atoms with Gasteiger partial charge in [-0.2, -0.15) is 0 Å². The van der Waals surface area contributed by atoms with Gasteiger partial charge in [-0.1, -0.05) is 22.0 Å². The molecule has 2 N–H and O–H groups in total. The van der Waals surface area contributed by atoms with Crippen molar-refractivity contribution >= 4 is 15.9 Å². The van der Waals surface area contributed by atoms with E-state index in [2.05, 4.69) is 31.2 Å². The van der Waals surface area contributed by atoms with Crippen LogP contribution in [0.15, 0.2) is 35.2 Å². The zero-order valence-electron chi connectivity index (χ0n) is 9.53. The molecule has 1 aromatic carbocycles. The molecule has 0 aliphatic heterocycles. The second kappa shape index (κ2) is 5.84. The minimum absolute atomic E-state index is 0.776. The fraction of sp³-hybridized carbons (Fsp3) is 0.250. The van der Waals surface area contributed by atoms with E-state index < -0.39 is 0 Å². The zero-order chi connectivity index (χ0) is 12.1. The fourth-order valence-corrected chi connectivity index (χ4v) is 2.01. The summed E-state index contributed by atoms with van der Waals surface area (Å²) in [7, 11) is 1.66. The van der Waals surface area contributed by atoms with Crippen molar-refractivity contribution in [2.75, 3.05) is 7.11 Å². The summed E-state index contributed by atoms with van der Waals surface area (Å²) < 4.78 is 6.20. The molecule has 4 nitrogen and oxygen atoms in total. The Morgan fingerprint density at radius 2 is 2.29 bits per heavy atom.